The molecule has 2 aromatic heterocycles. The Labute approximate surface area is 174 Å². The van der Waals surface area contributed by atoms with Gasteiger partial charge in [0.1, 0.15) is 18.4 Å². The molecule has 0 saturated heterocycles. The molecule has 30 heavy (non-hydrogen) atoms. The fourth-order valence-corrected chi connectivity index (χ4v) is 2.88. The lowest BCUT2D eigenvalue weighted by molar-refractivity contribution is 0.102. The quantitative estimate of drug-likeness (QED) is 0.520. The summed E-state index contributed by atoms with van der Waals surface area (Å²) in [6.07, 6.45) is 4.72. The molecule has 4 rings (SSSR count). The van der Waals surface area contributed by atoms with Crippen molar-refractivity contribution < 1.29 is 9.53 Å². The Hall–Kier alpha value is -4.00. The van der Waals surface area contributed by atoms with Crippen LogP contribution in [0, 0.1) is 13.8 Å². The first-order valence-corrected chi connectivity index (χ1v) is 9.51. The van der Waals surface area contributed by atoms with E-state index in [1.807, 2.05) is 37.3 Å². The predicted molar refractivity (Wildman–Crippen MR) is 114 cm³/mol. The Balaban J connectivity index is 1.36. The largest absolute Gasteiger partial charge is 0.439 e. The van der Waals surface area contributed by atoms with Gasteiger partial charge in [0.05, 0.1) is 18.4 Å². The summed E-state index contributed by atoms with van der Waals surface area (Å²) in [6.45, 7) is 4.70. The summed E-state index contributed by atoms with van der Waals surface area (Å²) >= 11 is 0. The van der Waals surface area contributed by atoms with Gasteiger partial charge >= 0.3 is 0 Å². The molecule has 1 N–H and O–H groups in total. The molecular formula is C23H21N5O2. The molecule has 150 valence electrons. The SMILES string of the molecule is Cc1ccc(Oc2ccc(NC(=O)c3ccc(Cn4cncn4)cc3)cn2)cc1C. The van der Waals surface area contributed by atoms with Gasteiger partial charge in [0.2, 0.25) is 5.88 Å². The highest BCUT2D eigenvalue weighted by Crippen LogP contribution is 2.23. The molecule has 0 aliphatic rings. The second-order valence-electron chi connectivity index (χ2n) is 6.98. The van der Waals surface area contributed by atoms with E-state index >= 15 is 0 Å². The number of carbonyl (C=O) groups excluding carboxylic acids is 1. The summed E-state index contributed by atoms with van der Waals surface area (Å²) in [5.74, 6) is 0.994. The maximum absolute atomic E-state index is 12.5. The van der Waals surface area contributed by atoms with Crippen LogP contribution in [0.1, 0.15) is 27.0 Å². The van der Waals surface area contributed by atoms with E-state index in [0.29, 0.717) is 23.7 Å². The number of rotatable bonds is 6. The van der Waals surface area contributed by atoms with Crippen molar-refractivity contribution in [3.8, 4) is 11.6 Å². The third kappa shape index (κ3) is 4.70. The second-order valence-corrected chi connectivity index (χ2v) is 6.98. The molecule has 7 heteroatoms. The summed E-state index contributed by atoms with van der Waals surface area (Å²) in [7, 11) is 0. The van der Waals surface area contributed by atoms with Crippen LogP contribution in [0.2, 0.25) is 0 Å². The maximum Gasteiger partial charge on any atom is 0.255 e. The standard InChI is InChI=1S/C23H21N5O2/c1-16-3-9-21(11-17(16)2)30-22-10-8-20(12-25-22)27-23(29)19-6-4-18(5-7-19)13-28-15-24-14-26-28/h3-12,14-15H,13H2,1-2H3,(H,27,29). The molecule has 0 atom stereocenters. The Morgan fingerprint density at radius 3 is 2.53 bits per heavy atom. The zero-order valence-electron chi connectivity index (χ0n) is 16.7. The Bertz CT molecular complexity index is 1140. The molecule has 7 nitrogen and oxygen atoms in total. The molecular weight excluding hydrogens is 378 g/mol. The fraction of sp³-hybridized carbons (Fsp3) is 0.130. The third-order valence-corrected chi connectivity index (χ3v) is 4.72. The Morgan fingerprint density at radius 1 is 1.03 bits per heavy atom. The van der Waals surface area contributed by atoms with Crippen LogP contribution in [0.5, 0.6) is 11.6 Å². The van der Waals surface area contributed by atoms with Crippen LogP contribution >= 0.6 is 0 Å². The molecule has 2 aromatic carbocycles. The zero-order chi connectivity index (χ0) is 20.9. The van der Waals surface area contributed by atoms with Gasteiger partial charge in [-0.3, -0.25) is 4.79 Å². The number of aryl methyl sites for hydroxylation is 2. The lowest BCUT2D eigenvalue weighted by Gasteiger charge is -2.09. The summed E-state index contributed by atoms with van der Waals surface area (Å²) in [5.41, 5.74) is 4.56. The molecule has 2 heterocycles. The van der Waals surface area contributed by atoms with Crippen LogP contribution in [0.3, 0.4) is 0 Å². The maximum atomic E-state index is 12.5. The first-order chi connectivity index (χ1) is 14.6. The number of hydrogen-bond acceptors (Lipinski definition) is 5. The van der Waals surface area contributed by atoms with E-state index < -0.39 is 0 Å². The highest BCUT2D eigenvalue weighted by Gasteiger charge is 2.08. The van der Waals surface area contributed by atoms with Crippen molar-refractivity contribution in [2.45, 2.75) is 20.4 Å². The van der Waals surface area contributed by atoms with Gasteiger partial charge in [-0.05, 0) is 60.9 Å². The number of ether oxygens (including phenoxy) is 1. The van der Waals surface area contributed by atoms with E-state index in [2.05, 4.69) is 27.3 Å². The minimum absolute atomic E-state index is 0.202. The van der Waals surface area contributed by atoms with E-state index in [9.17, 15) is 4.79 Å². The van der Waals surface area contributed by atoms with Crippen molar-refractivity contribution in [1.29, 1.82) is 0 Å². The number of hydrogen-bond donors (Lipinski definition) is 1. The van der Waals surface area contributed by atoms with Gasteiger partial charge in [-0.15, -0.1) is 0 Å². The Kier molecular flexibility index (Phi) is 5.52. The minimum Gasteiger partial charge on any atom is -0.439 e. The molecule has 0 fully saturated rings. The van der Waals surface area contributed by atoms with Gasteiger partial charge in [-0.1, -0.05) is 18.2 Å². The fourth-order valence-electron chi connectivity index (χ4n) is 2.88. The summed E-state index contributed by atoms with van der Waals surface area (Å²) in [5, 5.41) is 6.92. The number of carbonyl (C=O) groups is 1. The predicted octanol–water partition coefficient (Wildman–Crippen LogP) is 4.38. The first-order valence-electron chi connectivity index (χ1n) is 9.51. The first kappa shape index (κ1) is 19.3. The van der Waals surface area contributed by atoms with Crippen LogP contribution in [-0.4, -0.2) is 25.7 Å². The monoisotopic (exact) mass is 399 g/mol. The van der Waals surface area contributed by atoms with Gasteiger partial charge in [0.25, 0.3) is 5.91 Å². The number of aromatic nitrogens is 4. The molecule has 0 saturated carbocycles. The number of benzene rings is 2. The number of pyridine rings is 1. The smallest absolute Gasteiger partial charge is 0.255 e. The van der Waals surface area contributed by atoms with Crippen LogP contribution in [-0.2, 0) is 6.54 Å². The van der Waals surface area contributed by atoms with E-state index in [1.165, 1.54) is 11.9 Å². The summed E-state index contributed by atoms with van der Waals surface area (Å²) < 4.78 is 7.50. The van der Waals surface area contributed by atoms with E-state index in [-0.39, 0.29) is 5.91 Å². The third-order valence-electron chi connectivity index (χ3n) is 4.72. The number of nitrogens with one attached hydrogen (secondary N) is 1. The molecule has 0 unspecified atom stereocenters. The average molecular weight is 399 g/mol. The molecule has 0 spiro atoms. The van der Waals surface area contributed by atoms with E-state index in [4.69, 9.17) is 4.74 Å². The van der Waals surface area contributed by atoms with Crippen molar-refractivity contribution in [2.75, 3.05) is 5.32 Å². The van der Waals surface area contributed by atoms with Crippen molar-refractivity contribution >= 4 is 11.6 Å². The topological polar surface area (TPSA) is 81.9 Å². The number of amides is 1. The van der Waals surface area contributed by atoms with Crippen molar-refractivity contribution in [3.63, 3.8) is 0 Å². The van der Waals surface area contributed by atoms with Gasteiger partial charge in [0.15, 0.2) is 0 Å². The highest BCUT2D eigenvalue weighted by molar-refractivity contribution is 6.04. The lowest BCUT2D eigenvalue weighted by atomic mass is 10.1. The number of nitrogens with zero attached hydrogens (tertiary/aromatic N) is 4. The Morgan fingerprint density at radius 2 is 1.87 bits per heavy atom. The van der Waals surface area contributed by atoms with Crippen molar-refractivity contribution in [3.05, 3.63) is 95.7 Å². The molecule has 0 radical (unpaired) electrons. The zero-order valence-corrected chi connectivity index (χ0v) is 16.7. The van der Waals surface area contributed by atoms with Gasteiger partial charge in [0, 0.05) is 11.6 Å². The second kappa shape index (κ2) is 8.57. The molecule has 4 aromatic rings. The normalized spacial score (nSPS) is 10.6. The van der Waals surface area contributed by atoms with E-state index in [0.717, 1.165) is 16.9 Å². The van der Waals surface area contributed by atoms with Crippen molar-refractivity contribution in [1.82, 2.24) is 19.7 Å². The minimum atomic E-state index is -0.202. The van der Waals surface area contributed by atoms with Crippen LogP contribution in [0.25, 0.3) is 0 Å². The summed E-state index contributed by atoms with van der Waals surface area (Å²) in [4.78, 5) is 20.7. The van der Waals surface area contributed by atoms with Gasteiger partial charge in [-0.25, -0.2) is 14.6 Å². The van der Waals surface area contributed by atoms with Gasteiger partial charge in [-0.2, -0.15) is 5.10 Å². The van der Waals surface area contributed by atoms with Crippen LogP contribution < -0.4 is 10.1 Å². The summed E-state index contributed by atoms with van der Waals surface area (Å²) in [6, 6.07) is 16.7. The molecule has 0 aliphatic heterocycles. The lowest BCUT2D eigenvalue weighted by Crippen LogP contribution is -2.12. The van der Waals surface area contributed by atoms with Gasteiger partial charge < -0.3 is 10.1 Å². The highest BCUT2D eigenvalue weighted by atomic mass is 16.5. The van der Waals surface area contributed by atoms with Crippen LogP contribution in [0.4, 0.5) is 5.69 Å². The number of anilines is 1. The average Bonchev–Trinajstić information content (AvgIpc) is 3.26. The molecule has 0 bridgehead atoms. The van der Waals surface area contributed by atoms with E-state index in [1.54, 1.807) is 41.5 Å². The molecule has 0 aliphatic carbocycles. The molecule has 1 amide bonds. The van der Waals surface area contributed by atoms with Crippen LogP contribution in [0.15, 0.2) is 73.4 Å². The van der Waals surface area contributed by atoms with Crippen molar-refractivity contribution in [2.24, 2.45) is 0 Å².